The van der Waals surface area contributed by atoms with E-state index in [9.17, 15) is 4.39 Å². The Morgan fingerprint density at radius 2 is 2.07 bits per heavy atom. The number of halogens is 1. The summed E-state index contributed by atoms with van der Waals surface area (Å²) in [6.45, 7) is 8.27. The third-order valence-corrected chi connectivity index (χ3v) is 4.69. The number of hydrogen-bond donors (Lipinski definition) is 0. The molecule has 0 aliphatic carbocycles. The first kappa shape index (κ1) is 17.5. The predicted molar refractivity (Wildman–Crippen MR) is 104 cm³/mol. The van der Waals surface area contributed by atoms with Crippen molar-refractivity contribution in [2.45, 2.75) is 40.3 Å². The van der Waals surface area contributed by atoms with Crippen molar-refractivity contribution < 1.29 is 9.13 Å². The van der Waals surface area contributed by atoms with E-state index in [4.69, 9.17) is 4.74 Å². The Kier molecular flexibility index (Phi) is 4.34. The quantitative estimate of drug-likeness (QED) is 0.667. The minimum atomic E-state index is -0.307. The zero-order valence-electron chi connectivity index (χ0n) is 16.0. The molecule has 0 saturated carbocycles. The summed E-state index contributed by atoms with van der Waals surface area (Å²) in [6, 6.07) is 5.05. The van der Waals surface area contributed by atoms with Crippen molar-refractivity contribution in [2.24, 2.45) is 5.92 Å². The van der Waals surface area contributed by atoms with E-state index >= 15 is 0 Å². The van der Waals surface area contributed by atoms with Crippen LogP contribution in [0.1, 0.15) is 33.3 Å². The molecule has 5 nitrogen and oxygen atoms in total. The highest BCUT2D eigenvalue weighted by molar-refractivity contribution is 5.69. The van der Waals surface area contributed by atoms with Gasteiger partial charge in [0, 0.05) is 29.8 Å². The van der Waals surface area contributed by atoms with Crippen molar-refractivity contribution in [3.63, 3.8) is 0 Å². The van der Waals surface area contributed by atoms with E-state index < -0.39 is 0 Å². The SMILES string of the molecule is CC1=COC(C)N1c1ccc(F)c(-c2cn3cc(CC(C)C)cnc3n2)c1. The highest BCUT2D eigenvalue weighted by atomic mass is 19.1. The van der Waals surface area contributed by atoms with E-state index in [1.165, 1.54) is 6.07 Å². The van der Waals surface area contributed by atoms with Crippen LogP contribution in [-0.4, -0.2) is 20.6 Å². The van der Waals surface area contributed by atoms with Crippen LogP contribution in [0.4, 0.5) is 10.1 Å². The molecule has 0 saturated heterocycles. The van der Waals surface area contributed by atoms with Crippen LogP contribution in [0.5, 0.6) is 0 Å². The summed E-state index contributed by atoms with van der Waals surface area (Å²) < 4.78 is 22.0. The van der Waals surface area contributed by atoms with Crippen molar-refractivity contribution in [2.75, 3.05) is 4.90 Å². The van der Waals surface area contributed by atoms with Crippen LogP contribution in [0.2, 0.25) is 0 Å². The second kappa shape index (κ2) is 6.68. The van der Waals surface area contributed by atoms with Crippen molar-refractivity contribution >= 4 is 11.5 Å². The summed E-state index contributed by atoms with van der Waals surface area (Å²) >= 11 is 0. The summed E-state index contributed by atoms with van der Waals surface area (Å²) in [5.74, 6) is 0.803. The molecule has 4 rings (SSSR count). The van der Waals surface area contributed by atoms with Gasteiger partial charge < -0.3 is 9.64 Å². The monoisotopic (exact) mass is 366 g/mol. The van der Waals surface area contributed by atoms with Crippen LogP contribution >= 0.6 is 0 Å². The predicted octanol–water partition coefficient (Wildman–Crippen LogP) is 4.78. The van der Waals surface area contributed by atoms with Gasteiger partial charge >= 0.3 is 0 Å². The minimum absolute atomic E-state index is 0.121. The van der Waals surface area contributed by atoms with Gasteiger partial charge in [-0.3, -0.25) is 4.40 Å². The van der Waals surface area contributed by atoms with Crippen LogP contribution in [-0.2, 0) is 11.2 Å². The molecule has 0 bridgehead atoms. The molecule has 1 unspecified atom stereocenters. The zero-order chi connectivity index (χ0) is 19.1. The van der Waals surface area contributed by atoms with Gasteiger partial charge in [0.15, 0.2) is 6.23 Å². The maximum absolute atomic E-state index is 14.6. The third-order valence-electron chi connectivity index (χ3n) is 4.69. The summed E-state index contributed by atoms with van der Waals surface area (Å²) in [7, 11) is 0. The highest BCUT2D eigenvalue weighted by Gasteiger charge is 2.24. The molecule has 3 heterocycles. The fraction of sp³-hybridized carbons (Fsp3) is 0.333. The number of anilines is 1. The molecule has 1 aromatic carbocycles. The van der Waals surface area contributed by atoms with E-state index in [0.29, 0.717) is 23.0 Å². The Labute approximate surface area is 158 Å². The molecule has 1 aliphatic rings. The summed E-state index contributed by atoms with van der Waals surface area (Å²) in [5.41, 5.74) is 4.01. The van der Waals surface area contributed by atoms with Gasteiger partial charge in [-0.2, -0.15) is 0 Å². The molecular formula is C21H23FN4O. The molecule has 0 amide bonds. The van der Waals surface area contributed by atoms with Crippen LogP contribution < -0.4 is 4.90 Å². The second-order valence-electron chi connectivity index (χ2n) is 7.42. The molecular weight excluding hydrogens is 343 g/mol. The molecule has 1 aliphatic heterocycles. The Morgan fingerprint density at radius 1 is 1.26 bits per heavy atom. The van der Waals surface area contributed by atoms with Crippen LogP contribution in [0.3, 0.4) is 0 Å². The zero-order valence-corrected chi connectivity index (χ0v) is 16.0. The first-order valence-electron chi connectivity index (χ1n) is 9.17. The summed E-state index contributed by atoms with van der Waals surface area (Å²) in [4.78, 5) is 11.0. The standard InChI is InChI=1S/C21H23FN4O/c1-13(2)7-16-9-23-21-24-20(11-25(21)10-16)18-8-17(5-6-19(18)22)26-14(3)12-27-15(26)4/h5-6,8-13,15H,7H2,1-4H3. The van der Waals surface area contributed by atoms with Crippen molar-refractivity contribution in [1.29, 1.82) is 0 Å². The number of nitrogens with zero attached hydrogens (tertiary/aromatic N) is 4. The molecule has 27 heavy (non-hydrogen) atoms. The van der Waals surface area contributed by atoms with Gasteiger partial charge in [-0.25, -0.2) is 14.4 Å². The maximum atomic E-state index is 14.6. The molecule has 0 N–H and O–H groups in total. The molecule has 6 heteroatoms. The molecule has 1 atom stereocenters. The number of allylic oxidation sites excluding steroid dienone is 1. The lowest BCUT2D eigenvalue weighted by atomic mass is 10.1. The molecule has 0 spiro atoms. The summed E-state index contributed by atoms with van der Waals surface area (Å²) in [6.07, 6.45) is 8.24. The average Bonchev–Trinajstić information content (AvgIpc) is 3.18. The minimum Gasteiger partial charge on any atom is -0.476 e. The number of aromatic nitrogens is 3. The normalized spacial score (nSPS) is 16.9. The fourth-order valence-electron chi connectivity index (χ4n) is 3.51. The highest BCUT2D eigenvalue weighted by Crippen LogP contribution is 2.32. The number of rotatable bonds is 4. The molecule has 2 aromatic heterocycles. The Morgan fingerprint density at radius 3 is 2.78 bits per heavy atom. The van der Waals surface area contributed by atoms with E-state index in [2.05, 4.69) is 23.8 Å². The van der Waals surface area contributed by atoms with Crippen molar-refractivity contribution in [3.8, 4) is 11.3 Å². The van der Waals surface area contributed by atoms with Crippen LogP contribution in [0, 0.1) is 11.7 Å². The Hall–Kier alpha value is -2.89. The van der Waals surface area contributed by atoms with Crippen LogP contribution in [0.15, 0.2) is 48.7 Å². The number of imidazole rings is 1. The molecule has 0 radical (unpaired) electrons. The lowest BCUT2D eigenvalue weighted by Gasteiger charge is -2.24. The smallest absolute Gasteiger partial charge is 0.234 e. The van der Waals surface area contributed by atoms with Gasteiger partial charge in [0.25, 0.3) is 0 Å². The van der Waals surface area contributed by atoms with E-state index in [1.54, 1.807) is 12.3 Å². The van der Waals surface area contributed by atoms with Gasteiger partial charge in [-0.05, 0) is 49.9 Å². The van der Waals surface area contributed by atoms with E-state index in [1.807, 2.05) is 47.8 Å². The third kappa shape index (κ3) is 3.27. The topological polar surface area (TPSA) is 42.7 Å². The number of benzene rings is 1. The molecule has 0 fully saturated rings. The largest absolute Gasteiger partial charge is 0.476 e. The Bertz CT molecular complexity index is 1020. The summed E-state index contributed by atoms with van der Waals surface area (Å²) in [5, 5.41) is 0. The second-order valence-corrected chi connectivity index (χ2v) is 7.42. The van der Waals surface area contributed by atoms with Gasteiger partial charge in [0.1, 0.15) is 12.1 Å². The van der Waals surface area contributed by atoms with E-state index in [-0.39, 0.29) is 12.0 Å². The number of fused-ring (bicyclic) bond motifs is 1. The average molecular weight is 366 g/mol. The first-order chi connectivity index (χ1) is 12.9. The van der Waals surface area contributed by atoms with Gasteiger partial charge in [0.2, 0.25) is 5.78 Å². The fourth-order valence-corrected chi connectivity index (χ4v) is 3.51. The first-order valence-corrected chi connectivity index (χ1v) is 9.17. The number of ether oxygens (including phenoxy) is 1. The van der Waals surface area contributed by atoms with Gasteiger partial charge in [-0.1, -0.05) is 13.8 Å². The van der Waals surface area contributed by atoms with E-state index in [0.717, 1.165) is 23.4 Å². The molecule has 140 valence electrons. The lowest BCUT2D eigenvalue weighted by Crippen LogP contribution is -2.27. The Balaban J connectivity index is 1.74. The lowest BCUT2D eigenvalue weighted by molar-refractivity contribution is 0.190. The number of hydrogen-bond acceptors (Lipinski definition) is 4. The van der Waals surface area contributed by atoms with Gasteiger partial charge in [0.05, 0.1) is 11.4 Å². The maximum Gasteiger partial charge on any atom is 0.234 e. The van der Waals surface area contributed by atoms with Crippen LogP contribution in [0.25, 0.3) is 17.0 Å². The van der Waals surface area contributed by atoms with Crippen molar-refractivity contribution in [1.82, 2.24) is 14.4 Å². The molecule has 3 aromatic rings. The van der Waals surface area contributed by atoms with Gasteiger partial charge in [-0.15, -0.1) is 0 Å². The van der Waals surface area contributed by atoms with Crippen molar-refractivity contribution in [3.05, 3.63) is 60.1 Å².